The number of benzene rings is 1. The Morgan fingerprint density at radius 1 is 1.11 bits per heavy atom. The van der Waals surface area contributed by atoms with Crippen molar-refractivity contribution in [2.24, 2.45) is 5.92 Å². The molecule has 0 bridgehead atoms. The number of carboxylic acids is 1. The van der Waals surface area contributed by atoms with Crippen LogP contribution in [0.15, 0.2) is 24.3 Å². The molecule has 1 fully saturated rings. The number of carbonyl (C=O) groups excluding carboxylic acids is 2. The van der Waals surface area contributed by atoms with E-state index in [0.29, 0.717) is 17.9 Å². The molecule has 10 nitrogen and oxygen atoms in total. The van der Waals surface area contributed by atoms with Crippen LogP contribution < -0.4 is 20.1 Å². The Kier molecular flexibility index (Phi) is 9.93. The molecule has 3 N–H and O–H groups in total. The van der Waals surface area contributed by atoms with Crippen LogP contribution in [-0.2, 0) is 9.59 Å². The molecular formula is C27H38N4O6. The quantitative estimate of drug-likeness (QED) is 0.392. The molecule has 1 heterocycles. The highest BCUT2D eigenvalue weighted by Gasteiger charge is 2.27. The molecule has 10 heteroatoms. The maximum atomic E-state index is 13.4. The van der Waals surface area contributed by atoms with Gasteiger partial charge in [-0.15, -0.1) is 0 Å². The Morgan fingerprint density at radius 3 is 2.32 bits per heavy atom. The molecule has 0 spiro atoms. The highest BCUT2D eigenvalue weighted by Crippen LogP contribution is 2.41. The van der Waals surface area contributed by atoms with E-state index in [-0.39, 0.29) is 30.0 Å². The molecule has 1 saturated carbocycles. The number of ether oxygens (including phenoxy) is 2. The third-order valence-corrected chi connectivity index (χ3v) is 6.53. The van der Waals surface area contributed by atoms with E-state index < -0.39 is 24.5 Å². The van der Waals surface area contributed by atoms with Crippen LogP contribution in [0, 0.1) is 5.92 Å². The van der Waals surface area contributed by atoms with E-state index in [1.807, 2.05) is 36.7 Å². The van der Waals surface area contributed by atoms with Crippen molar-refractivity contribution >= 4 is 17.8 Å². The first kappa shape index (κ1) is 28.0. The molecule has 2 aromatic rings. The standard InChI is InChI=1S/C27H38N4O6/c1-17(2)13-18(14-24(32)28-16-25(33)34)29-27(35)20-15-21(31(30-20)19-9-6-5-7-10-19)26-22(36-3)11-8-12-23(26)37-4/h8,11-12,15,17-19H,5-7,9-10,13-14,16H2,1-4H3,(H,28,32)(H,29,35)(H,33,34). The lowest BCUT2D eigenvalue weighted by Crippen LogP contribution is -2.41. The molecule has 1 unspecified atom stereocenters. The molecule has 1 aliphatic carbocycles. The number of methoxy groups -OCH3 is 2. The zero-order valence-electron chi connectivity index (χ0n) is 22.1. The Bertz CT molecular complexity index is 1070. The van der Waals surface area contributed by atoms with E-state index in [1.165, 1.54) is 6.42 Å². The van der Waals surface area contributed by atoms with Gasteiger partial charge in [0.2, 0.25) is 5.91 Å². The normalized spacial score (nSPS) is 14.7. The lowest BCUT2D eigenvalue weighted by Gasteiger charge is -2.25. The fourth-order valence-electron chi connectivity index (χ4n) is 4.89. The summed E-state index contributed by atoms with van der Waals surface area (Å²) in [6.07, 6.45) is 5.84. The van der Waals surface area contributed by atoms with Crippen LogP contribution in [0.1, 0.15) is 75.3 Å². The summed E-state index contributed by atoms with van der Waals surface area (Å²) < 4.78 is 13.2. The highest BCUT2D eigenvalue weighted by atomic mass is 16.5. The van der Waals surface area contributed by atoms with Crippen LogP contribution in [0.5, 0.6) is 11.5 Å². The fourth-order valence-corrected chi connectivity index (χ4v) is 4.89. The number of nitrogens with one attached hydrogen (secondary N) is 2. The number of aliphatic carboxylic acids is 1. The minimum absolute atomic E-state index is 0.0201. The van der Waals surface area contributed by atoms with Crippen LogP contribution in [0.3, 0.4) is 0 Å². The first-order valence-corrected chi connectivity index (χ1v) is 12.8. The minimum Gasteiger partial charge on any atom is -0.496 e. The maximum absolute atomic E-state index is 13.4. The summed E-state index contributed by atoms with van der Waals surface area (Å²) in [5.74, 6) is -0.481. The first-order valence-electron chi connectivity index (χ1n) is 12.8. The lowest BCUT2D eigenvalue weighted by atomic mass is 9.95. The van der Waals surface area contributed by atoms with E-state index in [9.17, 15) is 14.4 Å². The monoisotopic (exact) mass is 514 g/mol. The van der Waals surface area contributed by atoms with E-state index in [2.05, 4.69) is 10.6 Å². The van der Waals surface area contributed by atoms with Gasteiger partial charge < -0.3 is 25.2 Å². The molecule has 202 valence electrons. The van der Waals surface area contributed by atoms with Crippen LogP contribution >= 0.6 is 0 Å². The predicted molar refractivity (Wildman–Crippen MR) is 139 cm³/mol. The van der Waals surface area contributed by atoms with Crippen molar-refractivity contribution in [3.05, 3.63) is 30.0 Å². The van der Waals surface area contributed by atoms with Crippen molar-refractivity contribution in [1.82, 2.24) is 20.4 Å². The van der Waals surface area contributed by atoms with Gasteiger partial charge in [0, 0.05) is 12.5 Å². The second-order valence-corrected chi connectivity index (χ2v) is 9.86. The van der Waals surface area contributed by atoms with E-state index in [4.69, 9.17) is 19.7 Å². The molecular weight excluding hydrogens is 476 g/mol. The second kappa shape index (κ2) is 13.1. The fraction of sp³-hybridized carbons (Fsp3) is 0.556. The van der Waals surface area contributed by atoms with Crippen LogP contribution in [0.4, 0.5) is 0 Å². The molecule has 1 aromatic heterocycles. The zero-order valence-corrected chi connectivity index (χ0v) is 22.1. The number of hydrogen-bond acceptors (Lipinski definition) is 6. The van der Waals surface area contributed by atoms with Gasteiger partial charge in [0.05, 0.1) is 31.5 Å². The summed E-state index contributed by atoms with van der Waals surface area (Å²) in [5.41, 5.74) is 1.72. The lowest BCUT2D eigenvalue weighted by molar-refractivity contribution is -0.138. The number of aromatic nitrogens is 2. The van der Waals surface area contributed by atoms with Gasteiger partial charge in [-0.2, -0.15) is 5.10 Å². The summed E-state index contributed by atoms with van der Waals surface area (Å²) in [6, 6.07) is 6.98. The Hall–Kier alpha value is -3.56. The van der Waals surface area contributed by atoms with Gasteiger partial charge in [0.1, 0.15) is 18.0 Å². The molecule has 1 aliphatic rings. The Morgan fingerprint density at radius 2 is 1.76 bits per heavy atom. The van der Waals surface area contributed by atoms with Crippen molar-refractivity contribution in [2.45, 2.75) is 70.9 Å². The number of amides is 2. The van der Waals surface area contributed by atoms with Crippen LogP contribution in [0.25, 0.3) is 11.3 Å². The van der Waals surface area contributed by atoms with Crippen molar-refractivity contribution in [1.29, 1.82) is 0 Å². The van der Waals surface area contributed by atoms with Gasteiger partial charge in [0.15, 0.2) is 5.69 Å². The highest BCUT2D eigenvalue weighted by molar-refractivity contribution is 5.94. The third kappa shape index (κ3) is 7.47. The molecule has 2 amide bonds. The van der Waals surface area contributed by atoms with Gasteiger partial charge in [-0.1, -0.05) is 39.2 Å². The summed E-state index contributed by atoms with van der Waals surface area (Å²) >= 11 is 0. The van der Waals surface area contributed by atoms with Gasteiger partial charge in [-0.25, -0.2) is 0 Å². The minimum atomic E-state index is -1.12. The van der Waals surface area contributed by atoms with Crippen molar-refractivity contribution in [3.8, 4) is 22.8 Å². The average molecular weight is 515 g/mol. The van der Waals surface area contributed by atoms with Crippen molar-refractivity contribution in [3.63, 3.8) is 0 Å². The molecule has 0 aliphatic heterocycles. The summed E-state index contributed by atoms with van der Waals surface area (Å²) in [7, 11) is 3.19. The van der Waals surface area contributed by atoms with E-state index in [1.54, 1.807) is 20.3 Å². The molecule has 3 rings (SSSR count). The third-order valence-electron chi connectivity index (χ3n) is 6.53. The largest absolute Gasteiger partial charge is 0.496 e. The molecule has 0 saturated heterocycles. The molecule has 1 aromatic carbocycles. The summed E-state index contributed by atoms with van der Waals surface area (Å²) in [6.45, 7) is 3.54. The Labute approximate surface area is 217 Å². The van der Waals surface area contributed by atoms with E-state index >= 15 is 0 Å². The summed E-state index contributed by atoms with van der Waals surface area (Å²) in [5, 5.41) is 18.9. The number of hydrogen-bond donors (Lipinski definition) is 3. The number of nitrogens with zero attached hydrogens (tertiary/aromatic N) is 2. The molecule has 0 radical (unpaired) electrons. The number of carboxylic acid groups (broad SMARTS) is 1. The van der Waals surface area contributed by atoms with Gasteiger partial charge in [-0.3, -0.25) is 19.1 Å². The SMILES string of the molecule is COc1cccc(OC)c1-c1cc(C(=O)NC(CC(=O)NCC(=O)O)CC(C)C)nn1C1CCCCC1. The number of rotatable bonds is 12. The van der Waals surface area contributed by atoms with Crippen molar-refractivity contribution in [2.75, 3.05) is 20.8 Å². The predicted octanol–water partition coefficient (Wildman–Crippen LogP) is 3.81. The average Bonchev–Trinajstić information content (AvgIpc) is 3.32. The van der Waals surface area contributed by atoms with E-state index in [0.717, 1.165) is 36.9 Å². The first-order chi connectivity index (χ1) is 17.7. The van der Waals surface area contributed by atoms with Gasteiger partial charge >= 0.3 is 5.97 Å². The second-order valence-electron chi connectivity index (χ2n) is 9.86. The zero-order chi connectivity index (χ0) is 26.9. The smallest absolute Gasteiger partial charge is 0.322 e. The van der Waals surface area contributed by atoms with Crippen molar-refractivity contribution < 1.29 is 29.0 Å². The van der Waals surface area contributed by atoms with Gasteiger partial charge in [-0.05, 0) is 43.4 Å². The van der Waals surface area contributed by atoms with Gasteiger partial charge in [0.25, 0.3) is 5.91 Å². The Balaban J connectivity index is 1.93. The number of carbonyl (C=O) groups is 3. The molecule has 37 heavy (non-hydrogen) atoms. The molecule has 1 atom stereocenters. The van der Waals surface area contributed by atoms with Crippen LogP contribution in [-0.4, -0.2) is 59.5 Å². The maximum Gasteiger partial charge on any atom is 0.322 e. The van der Waals surface area contributed by atoms with Crippen LogP contribution in [0.2, 0.25) is 0 Å². The topological polar surface area (TPSA) is 132 Å². The summed E-state index contributed by atoms with van der Waals surface area (Å²) in [4.78, 5) is 36.5.